The van der Waals surface area contributed by atoms with E-state index in [1.807, 2.05) is 0 Å². The number of aliphatic hydroxyl groups excluding tert-OH is 1. The Morgan fingerprint density at radius 3 is 2.94 bits per heavy atom. The molecule has 2 rings (SSSR count). The molecule has 0 bridgehead atoms. The van der Waals surface area contributed by atoms with Crippen molar-refractivity contribution < 1.29 is 9.84 Å². The SMILES string of the molecule is COC1CCN(CCC2CCCC2(N)CO)C1. The van der Waals surface area contributed by atoms with Gasteiger partial charge in [-0.15, -0.1) is 0 Å². The van der Waals surface area contributed by atoms with E-state index in [2.05, 4.69) is 4.90 Å². The van der Waals surface area contributed by atoms with Gasteiger partial charge in [-0.3, -0.25) is 0 Å². The van der Waals surface area contributed by atoms with Crippen LogP contribution in [0.3, 0.4) is 0 Å². The molecular formula is C13H26N2O2. The van der Waals surface area contributed by atoms with Gasteiger partial charge in [-0.05, 0) is 38.1 Å². The number of nitrogens with two attached hydrogens (primary N) is 1. The van der Waals surface area contributed by atoms with E-state index in [1.54, 1.807) is 7.11 Å². The van der Waals surface area contributed by atoms with Gasteiger partial charge in [0.2, 0.25) is 0 Å². The Hall–Kier alpha value is -0.160. The Kier molecular flexibility index (Phi) is 4.42. The summed E-state index contributed by atoms with van der Waals surface area (Å²) in [5.74, 6) is 0.495. The molecule has 0 radical (unpaired) electrons. The van der Waals surface area contributed by atoms with E-state index < -0.39 is 0 Å². The van der Waals surface area contributed by atoms with Crippen LogP contribution in [0.4, 0.5) is 0 Å². The Bertz CT molecular complexity index is 250. The van der Waals surface area contributed by atoms with Gasteiger partial charge in [-0.25, -0.2) is 0 Å². The number of likely N-dealkylation sites (tertiary alicyclic amines) is 1. The summed E-state index contributed by atoms with van der Waals surface area (Å²) in [6.45, 7) is 3.43. The molecular weight excluding hydrogens is 216 g/mol. The first-order valence-corrected chi connectivity index (χ1v) is 6.83. The van der Waals surface area contributed by atoms with E-state index in [1.165, 1.54) is 12.8 Å². The van der Waals surface area contributed by atoms with Crippen LogP contribution < -0.4 is 5.73 Å². The highest BCUT2D eigenvalue weighted by Crippen LogP contribution is 2.35. The molecule has 1 aliphatic carbocycles. The summed E-state index contributed by atoms with van der Waals surface area (Å²) in [5.41, 5.74) is 5.94. The van der Waals surface area contributed by atoms with Crippen molar-refractivity contribution in [2.75, 3.05) is 33.4 Å². The van der Waals surface area contributed by atoms with Crippen LogP contribution in [0.25, 0.3) is 0 Å². The number of nitrogens with zero attached hydrogens (tertiary/aromatic N) is 1. The van der Waals surface area contributed by atoms with Crippen LogP contribution in [0.1, 0.15) is 32.1 Å². The van der Waals surface area contributed by atoms with E-state index in [-0.39, 0.29) is 12.1 Å². The minimum absolute atomic E-state index is 0.137. The number of aliphatic hydroxyl groups is 1. The fourth-order valence-corrected chi connectivity index (χ4v) is 3.34. The molecule has 0 amide bonds. The molecule has 2 aliphatic rings. The second kappa shape index (κ2) is 5.65. The lowest BCUT2D eigenvalue weighted by Gasteiger charge is -2.30. The predicted molar refractivity (Wildman–Crippen MR) is 67.8 cm³/mol. The van der Waals surface area contributed by atoms with Gasteiger partial charge in [0.1, 0.15) is 0 Å². The van der Waals surface area contributed by atoms with E-state index in [9.17, 15) is 5.11 Å². The van der Waals surface area contributed by atoms with Gasteiger partial charge in [0.25, 0.3) is 0 Å². The molecule has 1 saturated heterocycles. The molecule has 4 heteroatoms. The zero-order chi connectivity index (χ0) is 12.3. The second-order valence-corrected chi connectivity index (χ2v) is 5.72. The highest BCUT2D eigenvalue weighted by Gasteiger charge is 2.38. The van der Waals surface area contributed by atoms with E-state index in [0.29, 0.717) is 12.0 Å². The largest absolute Gasteiger partial charge is 0.394 e. The third-order valence-corrected chi connectivity index (χ3v) is 4.66. The maximum absolute atomic E-state index is 9.41. The summed E-state index contributed by atoms with van der Waals surface area (Å²) in [4.78, 5) is 2.46. The molecule has 3 unspecified atom stereocenters. The van der Waals surface area contributed by atoms with Gasteiger partial charge in [0, 0.05) is 25.7 Å². The Morgan fingerprint density at radius 2 is 2.29 bits per heavy atom. The van der Waals surface area contributed by atoms with Crippen LogP contribution in [-0.2, 0) is 4.74 Å². The molecule has 1 aliphatic heterocycles. The summed E-state index contributed by atoms with van der Waals surface area (Å²) >= 11 is 0. The van der Waals surface area contributed by atoms with Crippen molar-refractivity contribution in [3.63, 3.8) is 0 Å². The van der Waals surface area contributed by atoms with Crippen molar-refractivity contribution in [1.82, 2.24) is 4.90 Å². The molecule has 100 valence electrons. The van der Waals surface area contributed by atoms with E-state index >= 15 is 0 Å². The lowest BCUT2D eigenvalue weighted by atomic mass is 9.86. The molecule has 0 aromatic heterocycles. The van der Waals surface area contributed by atoms with Crippen molar-refractivity contribution in [2.24, 2.45) is 11.7 Å². The quantitative estimate of drug-likeness (QED) is 0.741. The molecule has 0 spiro atoms. The molecule has 17 heavy (non-hydrogen) atoms. The number of methoxy groups -OCH3 is 1. The average Bonchev–Trinajstić information content (AvgIpc) is 2.94. The lowest BCUT2D eigenvalue weighted by molar-refractivity contribution is 0.104. The first kappa shape index (κ1) is 13.3. The summed E-state index contributed by atoms with van der Waals surface area (Å²) < 4.78 is 5.37. The Morgan fingerprint density at radius 1 is 1.47 bits per heavy atom. The van der Waals surface area contributed by atoms with Crippen molar-refractivity contribution in [3.8, 4) is 0 Å². The van der Waals surface area contributed by atoms with Gasteiger partial charge in [0.15, 0.2) is 0 Å². The summed E-state index contributed by atoms with van der Waals surface area (Å²) in [6, 6.07) is 0. The van der Waals surface area contributed by atoms with Crippen LogP contribution in [0.5, 0.6) is 0 Å². The minimum Gasteiger partial charge on any atom is -0.394 e. The van der Waals surface area contributed by atoms with Crippen molar-refractivity contribution in [1.29, 1.82) is 0 Å². The molecule has 1 heterocycles. The standard InChI is InChI=1S/C13H26N2O2/c1-17-12-5-8-15(9-12)7-4-11-3-2-6-13(11,14)10-16/h11-12,16H,2-10,14H2,1H3. The molecule has 1 saturated carbocycles. The van der Waals surface area contributed by atoms with Crippen molar-refractivity contribution in [3.05, 3.63) is 0 Å². The zero-order valence-corrected chi connectivity index (χ0v) is 10.9. The highest BCUT2D eigenvalue weighted by atomic mass is 16.5. The molecule has 0 aromatic carbocycles. The highest BCUT2D eigenvalue weighted by molar-refractivity contribution is 4.96. The fraction of sp³-hybridized carbons (Fsp3) is 1.00. The number of ether oxygens (including phenoxy) is 1. The maximum atomic E-state index is 9.41. The predicted octanol–water partition coefficient (Wildman–Crippen LogP) is 0.587. The minimum atomic E-state index is -0.305. The second-order valence-electron chi connectivity index (χ2n) is 5.72. The maximum Gasteiger partial charge on any atom is 0.0710 e. The first-order valence-electron chi connectivity index (χ1n) is 6.83. The van der Waals surface area contributed by atoms with Gasteiger partial charge >= 0.3 is 0 Å². The van der Waals surface area contributed by atoms with Crippen LogP contribution in [-0.4, -0.2) is 55.0 Å². The number of hydrogen-bond donors (Lipinski definition) is 2. The average molecular weight is 242 g/mol. The number of hydrogen-bond acceptors (Lipinski definition) is 4. The van der Waals surface area contributed by atoms with Crippen LogP contribution in [0, 0.1) is 5.92 Å². The molecule has 4 nitrogen and oxygen atoms in total. The van der Waals surface area contributed by atoms with Crippen molar-refractivity contribution >= 4 is 0 Å². The Balaban J connectivity index is 1.75. The fourth-order valence-electron chi connectivity index (χ4n) is 3.34. The van der Waals surface area contributed by atoms with Crippen LogP contribution in [0.2, 0.25) is 0 Å². The smallest absolute Gasteiger partial charge is 0.0710 e. The monoisotopic (exact) mass is 242 g/mol. The van der Waals surface area contributed by atoms with Gasteiger partial charge in [-0.2, -0.15) is 0 Å². The molecule has 2 fully saturated rings. The van der Waals surface area contributed by atoms with Crippen LogP contribution in [0.15, 0.2) is 0 Å². The molecule has 3 atom stereocenters. The zero-order valence-electron chi connectivity index (χ0n) is 10.9. The molecule has 0 aromatic rings. The van der Waals surface area contributed by atoms with Crippen molar-refractivity contribution in [2.45, 2.75) is 43.7 Å². The number of rotatable bonds is 5. The lowest BCUT2D eigenvalue weighted by Crippen LogP contribution is -2.47. The van der Waals surface area contributed by atoms with E-state index in [4.69, 9.17) is 10.5 Å². The van der Waals surface area contributed by atoms with E-state index in [0.717, 1.165) is 38.9 Å². The van der Waals surface area contributed by atoms with Gasteiger partial charge in [0.05, 0.1) is 12.7 Å². The molecule has 3 N–H and O–H groups in total. The van der Waals surface area contributed by atoms with Gasteiger partial charge < -0.3 is 20.5 Å². The topological polar surface area (TPSA) is 58.7 Å². The summed E-state index contributed by atoms with van der Waals surface area (Å²) in [5, 5.41) is 9.41. The van der Waals surface area contributed by atoms with Gasteiger partial charge in [-0.1, -0.05) is 6.42 Å². The Labute approximate surface area is 104 Å². The first-order chi connectivity index (χ1) is 8.18. The van der Waals surface area contributed by atoms with Crippen LogP contribution >= 0.6 is 0 Å². The third kappa shape index (κ3) is 2.99. The summed E-state index contributed by atoms with van der Waals surface area (Å²) in [6.07, 6.45) is 6.01. The normalized spacial score (nSPS) is 39.0. The summed E-state index contributed by atoms with van der Waals surface area (Å²) in [7, 11) is 1.79. The third-order valence-electron chi connectivity index (χ3n) is 4.66.